The van der Waals surface area contributed by atoms with E-state index in [9.17, 15) is 4.79 Å². The summed E-state index contributed by atoms with van der Waals surface area (Å²) in [6.45, 7) is 3.04. The molecule has 122 valence electrons. The summed E-state index contributed by atoms with van der Waals surface area (Å²) in [6.07, 6.45) is 0. The molecule has 0 atom stereocenters. The minimum absolute atomic E-state index is 0.140. The number of hydrogen-bond donors (Lipinski definition) is 1. The molecule has 2 aromatic rings. The molecule has 0 aliphatic rings. The fourth-order valence-corrected chi connectivity index (χ4v) is 2.45. The van der Waals surface area contributed by atoms with Crippen LogP contribution in [0.1, 0.15) is 22.8 Å². The third-order valence-electron chi connectivity index (χ3n) is 3.62. The van der Waals surface area contributed by atoms with Crippen molar-refractivity contribution in [2.45, 2.75) is 13.5 Å². The van der Waals surface area contributed by atoms with Crippen LogP contribution >= 0.6 is 0 Å². The van der Waals surface area contributed by atoms with Gasteiger partial charge >= 0.3 is 0 Å². The molecule has 0 saturated carbocycles. The van der Waals surface area contributed by atoms with Crippen LogP contribution < -0.4 is 15.2 Å². The number of nitrogens with two attached hydrogens (primary N) is 1. The number of carbonyl (C=O) groups is 1. The van der Waals surface area contributed by atoms with Crippen LogP contribution in [0.5, 0.6) is 11.5 Å². The van der Waals surface area contributed by atoms with Gasteiger partial charge in [-0.15, -0.1) is 0 Å². The minimum Gasteiger partial charge on any atom is -0.493 e. The van der Waals surface area contributed by atoms with Crippen molar-refractivity contribution in [3.63, 3.8) is 0 Å². The first-order valence-electron chi connectivity index (χ1n) is 7.45. The number of hydrogen-bond acceptors (Lipinski definition) is 4. The van der Waals surface area contributed by atoms with Gasteiger partial charge in [0, 0.05) is 24.8 Å². The summed E-state index contributed by atoms with van der Waals surface area (Å²) >= 11 is 0. The van der Waals surface area contributed by atoms with Gasteiger partial charge in [0.15, 0.2) is 11.5 Å². The van der Waals surface area contributed by atoms with E-state index in [0.717, 1.165) is 5.56 Å². The lowest BCUT2D eigenvalue weighted by Crippen LogP contribution is -2.30. The summed E-state index contributed by atoms with van der Waals surface area (Å²) in [4.78, 5) is 14.7. The summed E-state index contributed by atoms with van der Waals surface area (Å²) in [5, 5.41) is 0. The van der Waals surface area contributed by atoms with Crippen molar-refractivity contribution >= 4 is 11.6 Å². The second-order valence-electron chi connectivity index (χ2n) is 5.11. The Morgan fingerprint density at radius 3 is 2.39 bits per heavy atom. The molecule has 2 aromatic carbocycles. The Morgan fingerprint density at radius 2 is 1.83 bits per heavy atom. The minimum atomic E-state index is -0.140. The Bertz CT molecular complexity index is 671. The molecule has 0 unspecified atom stereocenters. The lowest BCUT2D eigenvalue weighted by molar-refractivity contribution is 0.0748. The molecule has 0 spiro atoms. The third-order valence-corrected chi connectivity index (χ3v) is 3.62. The Balaban J connectivity index is 2.35. The van der Waals surface area contributed by atoms with Crippen molar-refractivity contribution in [2.24, 2.45) is 0 Å². The highest BCUT2D eigenvalue weighted by molar-refractivity contribution is 5.98. The molecule has 5 heteroatoms. The van der Waals surface area contributed by atoms with Crippen LogP contribution in [0.3, 0.4) is 0 Å². The number of ether oxygens (including phenoxy) is 2. The van der Waals surface area contributed by atoms with Gasteiger partial charge in [0.1, 0.15) is 0 Å². The van der Waals surface area contributed by atoms with Gasteiger partial charge in [-0.3, -0.25) is 4.79 Å². The number of rotatable bonds is 6. The third kappa shape index (κ3) is 3.74. The number of anilines is 1. The molecule has 2 rings (SSSR count). The molecule has 23 heavy (non-hydrogen) atoms. The molecule has 0 bridgehead atoms. The highest BCUT2D eigenvalue weighted by atomic mass is 16.5. The van der Waals surface area contributed by atoms with Crippen molar-refractivity contribution in [1.82, 2.24) is 4.90 Å². The fraction of sp³-hybridized carbons (Fsp3) is 0.278. The highest BCUT2D eigenvalue weighted by Crippen LogP contribution is 2.34. The van der Waals surface area contributed by atoms with Crippen LogP contribution in [0, 0.1) is 0 Å². The Labute approximate surface area is 136 Å². The van der Waals surface area contributed by atoms with Crippen LogP contribution in [0.15, 0.2) is 42.5 Å². The Morgan fingerprint density at radius 1 is 1.13 bits per heavy atom. The first-order valence-corrected chi connectivity index (χ1v) is 7.45. The number of amides is 1. The molecule has 0 heterocycles. The molecule has 0 fully saturated rings. The van der Waals surface area contributed by atoms with Crippen LogP contribution in [0.4, 0.5) is 5.69 Å². The first-order chi connectivity index (χ1) is 11.1. The van der Waals surface area contributed by atoms with E-state index in [1.54, 1.807) is 17.0 Å². The van der Waals surface area contributed by atoms with E-state index in [0.29, 0.717) is 35.8 Å². The highest BCUT2D eigenvalue weighted by Gasteiger charge is 2.22. The lowest BCUT2D eigenvalue weighted by Gasteiger charge is -2.23. The summed E-state index contributed by atoms with van der Waals surface area (Å²) in [7, 11) is 3.03. The van der Waals surface area contributed by atoms with Gasteiger partial charge in [-0.25, -0.2) is 0 Å². The zero-order valence-electron chi connectivity index (χ0n) is 13.7. The van der Waals surface area contributed by atoms with E-state index < -0.39 is 0 Å². The largest absolute Gasteiger partial charge is 0.493 e. The van der Waals surface area contributed by atoms with Crippen molar-refractivity contribution < 1.29 is 14.3 Å². The number of benzene rings is 2. The van der Waals surface area contributed by atoms with Gasteiger partial charge < -0.3 is 20.1 Å². The van der Waals surface area contributed by atoms with E-state index in [-0.39, 0.29) is 5.91 Å². The van der Waals surface area contributed by atoms with E-state index in [1.165, 1.54) is 14.2 Å². The van der Waals surface area contributed by atoms with Crippen molar-refractivity contribution in [3.05, 3.63) is 53.6 Å². The van der Waals surface area contributed by atoms with Gasteiger partial charge in [-0.1, -0.05) is 30.3 Å². The van der Waals surface area contributed by atoms with Gasteiger partial charge in [0.2, 0.25) is 0 Å². The molecule has 0 aliphatic heterocycles. The Hall–Kier alpha value is -2.69. The topological polar surface area (TPSA) is 64.8 Å². The maximum atomic E-state index is 12.9. The molecule has 2 N–H and O–H groups in total. The molecular weight excluding hydrogens is 292 g/mol. The van der Waals surface area contributed by atoms with Crippen LogP contribution in [-0.4, -0.2) is 31.6 Å². The number of nitrogens with zero attached hydrogens (tertiary/aromatic N) is 1. The van der Waals surface area contributed by atoms with E-state index in [2.05, 4.69) is 0 Å². The molecule has 0 aromatic heterocycles. The Kier molecular flexibility index (Phi) is 5.46. The van der Waals surface area contributed by atoms with Crippen LogP contribution in [0.2, 0.25) is 0 Å². The summed E-state index contributed by atoms with van der Waals surface area (Å²) in [6, 6.07) is 13.1. The van der Waals surface area contributed by atoms with Crippen LogP contribution in [-0.2, 0) is 6.54 Å². The number of nitrogen functional groups attached to an aromatic ring is 1. The zero-order chi connectivity index (χ0) is 16.8. The molecule has 0 radical (unpaired) electrons. The molecule has 0 aliphatic carbocycles. The van der Waals surface area contributed by atoms with E-state index in [1.807, 2.05) is 37.3 Å². The average molecular weight is 314 g/mol. The summed E-state index contributed by atoms with van der Waals surface area (Å²) < 4.78 is 10.6. The van der Waals surface area contributed by atoms with Crippen molar-refractivity contribution in [2.75, 3.05) is 26.5 Å². The second-order valence-corrected chi connectivity index (χ2v) is 5.11. The average Bonchev–Trinajstić information content (AvgIpc) is 2.59. The van der Waals surface area contributed by atoms with Gasteiger partial charge in [0.25, 0.3) is 5.91 Å². The van der Waals surface area contributed by atoms with Crippen molar-refractivity contribution in [1.29, 1.82) is 0 Å². The summed E-state index contributed by atoms with van der Waals surface area (Å²) in [5.41, 5.74) is 7.82. The first kappa shape index (κ1) is 16.7. The summed E-state index contributed by atoms with van der Waals surface area (Å²) in [5.74, 6) is 0.712. The number of carbonyl (C=O) groups excluding carboxylic acids is 1. The normalized spacial score (nSPS) is 10.2. The molecular formula is C18H22N2O3. The zero-order valence-corrected chi connectivity index (χ0v) is 13.7. The van der Waals surface area contributed by atoms with Crippen molar-refractivity contribution in [3.8, 4) is 11.5 Å². The quantitative estimate of drug-likeness (QED) is 0.833. The predicted octanol–water partition coefficient (Wildman–Crippen LogP) is 2.95. The molecule has 0 saturated heterocycles. The predicted molar refractivity (Wildman–Crippen MR) is 90.8 cm³/mol. The smallest absolute Gasteiger partial charge is 0.258 e. The van der Waals surface area contributed by atoms with Gasteiger partial charge in [-0.05, 0) is 18.6 Å². The number of methoxy groups -OCH3 is 2. The van der Waals surface area contributed by atoms with E-state index >= 15 is 0 Å². The van der Waals surface area contributed by atoms with Gasteiger partial charge in [-0.2, -0.15) is 0 Å². The maximum absolute atomic E-state index is 12.9. The maximum Gasteiger partial charge on any atom is 0.258 e. The lowest BCUT2D eigenvalue weighted by atomic mass is 10.1. The standard InChI is InChI=1S/C18H22N2O3/c1-4-20(12-13-8-6-5-7-9-13)18(21)15-10-14(19)11-16(22-2)17(15)23-3/h5-11H,4,12,19H2,1-3H3. The molecule has 1 amide bonds. The SMILES string of the molecule is CCN(Cc1ccccc1)C(=O)c1cc(N)cc(OC)c1OC. The van der Waals surface area contributed by atoms with E-state index in [4.69, 9.17) is 15.2 Å². The van der Waals surface area contributed by atoms with Gasteiger partial charge in [0.05, 0.1) is 19.8 Å². The monoisotopic (exact) mass is 314 g/mol. The second kappa shape index (κ2) is 7.54. The fourth-order valence-electron chi connectivity index (χ4n) is 2.45. The molecule has 5 nitrogen and oxygen atoms in total. The van der Waals surface area contributed by atoms with Crippen LogP contribution in [0.25, 0.3) is 0 Å².